The van der Waals surface area contributed by atoms with Crippen LogP contribution >= 0.6 is 0 Å². The smallest absolute Gasteiger partial charge is 0.306 e. The van der Waals surface area contributed by atoms with E-state index in [0.717, 1.165) is 12.8 Å². The highest BCUT2D eigenvalue weighted by Crippen LogP contribution is 2.08. The van der Waals surface area contributed by atoms with Gasteiger partial charge in [-0.25, -0.2) is 0 Å². The van der Waals surface area contributed by atoms with E-state index >= 15 is 0 Å². The summed E-state index contributed by atoms with van der Waals surface area (Å²) >= 11 is 0. The van der Waals surface area contributed by atoms with E-state index in [4.69, 9.17) is 9.84 Å². The standard InChI is InChI=1S/C19H32O3/c1-3-4-5-6-7-8-9-10-11-12-13-14-15-16-18(22-2)17-19(20)21/h4-5,13-16,18H,3,6-12,17H2,1-2H3,(H,20,21)/t18-/m0/s1. The second-order valence-corrected chi connectivity index (χ2v) is 5.41. The van der Waals surface area contributed by atoms with Gasteiger partial charge in [0.1, 0.15) is 0 Å². The van der Waals surface area contributed by atoms with Crippen molar-refractivity contribution in [3.05, 3.63) is 36.5 Å². The van der Waals surface area contributed by atoms with E-state index in [0.29, 0.717) is 0 Å². The normalized spacial score (nSPS) is 13.5. The fourth-order valence-electron chi connectivity index (χ4n) is 2.10. The number of aliphatic carboxylic acids is 1. The summed E-state index contributed by atoms with van der Waals surface area (Å²) in [5, 5.41) is 8.68. The Kier molecular flexibility index (Phi) is 15.0. The Hall–Kier alpha value is -1.35. The number of carboxylic acids is 1. The van der Waals surface area contributed by atoms with Gasteiger partial charge in [0, 0.05) is 7.11 Å². The molecule has 1 atom stereocenters. The van der Waals surface area contributed by atoms with Crippen LogP contribution in [0, 0.1) is 0 Å². The Bertz CT molecular complexity index is 343. The fourth-order valence-corrected chi connectivity index (χ4v) is 2.10. The van der Waals surface area contributed by atoms with Gasteiger partial charge in [0.2, 0.25) is 0 Å². The van der Waals surface area contributed by atoms with Crippen LogP contribution in [0.5, 0.6) is 0 Å². The first-order valence-corrected chi connectivity index (χ1v) is 8.43. The molecule has 0 rings (SSSR count). The van der Waals surface area contributed by atoms with E-state index in [9.17, 15) is 4.79 Å². The predicted octanol–water partition coefficient (Wildman–Crippen LogP) is 5.29. The molecule has 0 unspecified atom stereocenters. The Labute approximate surface area is 135 Å². The van der Waals surface area contributed by atoms with Crippen LogP contribution in [0.2, 0.25) is 0 Å². The zero-order valence-electron chi connectivity index (χ0n) is 14.2. The van der Waals surface area contributed by atoms with E-state index in [-0.39, 0.29) is 12.5 Å². The van der Waals surface area contributed by atoms with Crippen LogP contribution in [-0.4, -0.2) is 24.3 Å². The number of rotatable bonds is 14. The summed E-state index contributed by atoms with van der Waals surface area (Å²) in [4.78, 5) is 10.6. The quantitative estimate of drug-likeness (QED) is 0.269. The first kappa shape index (κ1) is 20.6. The van der Waals surface area contributed by atoms with Gasteiger partial charge in [0.15, 0.2) is 0 Å². The minimum absolute atomic E-state index is 0.00822. The van der Waals surface area contributed by atoms with Crippen molar-refractivity contribution in [3.63, 3.8) is 0 Å². The zero-order chi connectivity index (χ0) is 16.5. The minimum Gasteiger partial charge on any atom is -0.481 e. The molecule has 0 spiro atoms. The van der Waals surface area contributed by atoms with Crippen LogP contribution in [0.15, 0.2) is 36.5 Å². The lowest BCUT2D eigenvalue weighted by Gasteiger charge is -2.05. The van der Waals surface area contributed by atoms with Crippen molar-refractivity contribution in [2.24, 2.45) is 0 Å². The molecule has 1 N–H and O–H groups in total. The third kappa shape index (κ3) is 15.0. The Balaban J connectivity index is 3.50. The number of hydrogen-bond donors (Lipinski definition) is 1. The minimum atomic E-state index is -0.842. The van der Waals surface area contributed by atoms with E-state index in [1.807, 2.05) is 12.2 Å². The highest BCUT2D eigenvalue weighted by Gasteiger charge is 2.06. The summed E-state index contributed by atoms with van der Waals surface area (Å²) in [7, 11) is 1.53. The van der Waals surface area contributed by atoms with Crippen molar-refractivity contribution < 1.29 is 14.6 Å². The van der Waals surface area contributed by atoms with E-state index < -0.39 is 5.97 Å². The van der Waals surface area contributed by atoms with Crippen molar-refractivity contribution >= 4 is 5.97 Å². The Morgan fingerprint density at radius 1 is 1.00 bits per heavy atom. The van der Waals surface area contributed by atoms with Gasteiger partial charge in [-0.05, 0) is 32.1 Å². The molecule has 0 amide bonds. The molecule has 0 heterocycles. The highest BCUT2D eigenvalue weighted by atomic mass is 16.5. The first-order valence-electron chi connectivity index (χ1n) is 8.43. The van der Waals surface area contributed by atoms with Crippen LogP contribution in [0.4, 0.5) is 0 Å². The van der Waals surface area contributed by atoms with Gasteiger partial charge in [-0.2, -0.15) is 0 Å². The Morgan fingerprint density at radius 3 is 2.23 bits per heavy atom. The number of allylic oxidation sites excluding steroid dienone is 5. The average molecular weight is 308 g/mol. The summed E-state index contributed by atoms with van der Waals surface area (Å²) in [5.74, 6) is -0.842. The molecule has 0 aromatic heterocycles. The van der Waals surface area contributed by atoms with Crippen molar-refractivity contribution in [2.45, 2.75) is 70.8 Å². The van der Waals surface area contributed by atoms with Gasteiger partial charge in [0.05, 0.1) is 12.5 Å². The fraction of sp³-hybridized carbons (Fsp3) is 0.632. The predicted molar refractivity (Wildman–Crippen MR) is 93.1 cm³/mol. The second-order valence-electron chi connectivity index (χ2n) is 5.41. The van der Waals surface area contributed by atoms with Gasteiger partial charge in [-0.3, -0.25) is 4.79 Å². The molecule has 0 bridgehead atoms. The summed E-state index contributed by atoms with van der Waals surface area (Å²) in [6.45, 7) is 2.17. The molecular weight excluding hydrogens is 276 g/mol. The maximum absolute atomic E-state index is 10.6. The maximum Gasteiger partial charge on any atom is 0.306 e. The molecule has 0 radical (unpaired) electrons. The number of unbranched alkanes of at least 4 members (excludes halogenated alkanes) is 6. The molecule has 0 aliphatic heterocycles. The van der Waals surface area contributed by atoms with Gasteiger partial charge < -0.3 is 9.84 Å². The molecule has 22 heavy (non-hydrogen) atoms. The third-order valence-electron chi connectivity index (χ3n) is 3.40. The van der Waals surface area contributed by atoms with Gasteiger partial charge in [-0.15, -0.1) is 0 Å². The lowest BCUT2D eigenvalue weighted by atomic mass is 10.1. The summed E-state index contributed by atoms with van der Waals surface area (Å²) < 4.78 is 5.06. The summed E-state index contributed by atoms with van der Waals surface area (Å²) in [6.07, 6.45) is 21.8. The van der Waals surface area contributed by atoms with Crippen LogP contribution in [0.25, 0.3) is 0 Å². The number of ether oxygens (including phenoxy) is 1. The largest absolute Gasteiger partial charge is 0.481 e. The monoisotopic (exact) mass is 308 g/mol. The van der Waals surface area contributed by atoms with Crippen LogP contribution in [0.3, 0.4) is 0 Å². The topological polar surface area (TPSA) is 46.5 Å². The number of methoxy groups -OCH3 is 1. The molecule has 0 saturated carbocycles. The molecule has 0 aromatic carbocycles. The van der Waals surface area contributed by atoms with Gasteiger partial charge >= 0.3 is 5.97 Å². The molecule has 0 aromatic rings. The lowest BCUT2D eigenvalue weighted by molar-refractivity contribution is -0.138. The SMILES string of the molecule is CCC=CCCCCCCCC=CC=C[C@@H](CC(=O)O)OC. The van der Waals surface area contributed by atoms with Crippen LogP contribution in [-0.2, 0) is 9.53 Å². The molecule has 3 nitrogen and oxygen atoms in total. The molecule has 0 aliphatic rings. The Morgan fingerprint density at radius 2 is 1.64 bits per heavy atom. The van der Waals surface area contributed by atoms with Gasteiger partial charge in [-0.1, -0.05) is 62.6 Å². The molecule has 126 valence electrons. The second kappa shape index (κ2) is 16.0. The van der Waals surface area contributed by atoms with E-state index in [2.05, 4.69) is 25.2 Å². The van der Waals surface area contributed by atoms with Crippen LogP contribution in [0.1, 0.15) is 64.7 Å². The van der Waals surface area contributed by atoms with Crippen molar-refractivity contribution in [1.82, 2.24) is 0 Å². The molecule has 3 heteroatoms. The number of carboxylic acid groups (broad SMARTS) is 1. The summed E-state index contributed by atoms with van der Waals surface area (Å²) in [5.41, 5.74) is 0. The van der Waals surface area contributed by atoms with Crippen molar-refractivity contribution in [2.75, 3.05) is 7.11 Å². The maximum atomic E-state index is 10.6. The molecule has 0 fully saturated rings. The van der Waals surface area contributed by atoms with Gasteiger partial charge in [0.25, 0.3) is 0 Å². The van der Waals surface area contributed by atoms with Crippen LogP contribution < -0.4 is 0 Å². The number of carbonyl (C=O) groups is 1. The van der Waals surface area contributed by atoms with E-state index in [1.165, 1.54) is 45.6 Å². The summed E-state index contributed by atoms with van der Waals surface area (Å²) in [6, 6.07) is 0. The highest BCUT2D eigenvalue weighted by molar-refractivity contribution is 5.67. The molecular formula is C19H32O3. The first-order chi connectivity index (χ1) is 10.7. The molecule has 0 aliphatic carbocycles. The average Bonchev–Trinajstić information content (AvgIpc) is 2.50. The third-order valence-corrected chi connectivity index (χ3v) is 3.40. The molecule has 0 saturated heterocycles. The zero-order valence-corrected chi connectivity index (χ0v) is 14.2. The van der Waals surface area contributed by atoms with E-state index in [1.54, 1.807) is 6.08 Å². The number of hydrogen-bond acceptors (Lipinski definition) is 2. The van der Waals surface area contributed by atoms with Crippen molar-refractivity contribution in [3.8, 4) is 0 Å². The van der Waals surface area contributed by atoms with Crippen molar-refractivity contribution in [1.29, 1.82) is 0 Å². The lowest BCUT2D eigenvalue weighted by Crippen LogP contribution is -2.12.